The molecule has 1 aromatic rings. The first-order valence-electron chi connectivity index (χ1n) is 7.54. The SMILES string of the molecule is CNC1CCN(C(=O)CNC(=O)Cc2cccc(F)c2)CC1. The molecule has 22 heavy (non-hydrogen) atoms. The zero-order chi connectivity index (χ0) is 15.9. The number of likely N-dealkylation sites (tertiary alicyclic amines) is 1. The summed E-state index contributed by atoms with van der Waals surface area (Å²) in [5, 5.41) is 5.81. The molecule has 0 unspecified atom stereocenters. The Morgan fingerprint density at radius 3 is 2.68 bits per heavy atom. The fourth-order valence-corrected chi connectivity index (χ4v) is 2.60. The molecule has 0 spiro atoms. The van der Waals surface area contributed by atoms with Crippen LogP contribution in [0.25, 0.3) is 0 Å². The van der Waals surface area contributed by atoms with E-state index in [1.54, 1.807) is 17.0 Å². The lowest BCUT2D eigenvalue weighted by atomic mass is 10.1. The molecule has 2 amide bonds. The smallest absolute Gasteiger partial charge is 0.241 e. The maximum Gasteiger partial charge on any atom is 0.241 e. The molecule has 2 N–H and O–H groups in total. The molecule has 0 saturated carbocycles. The number of halogens is 1. The molecule has 0 bridgehead atoms. The Morgan fingerprint density at radius 2 is 2.05 bits per heavy atom. The first kappa shape index (κ1) is 16.4. The van der Waals surface area contributed by atoms with E-state index in [4.69, 9.17) is 0 Å². The maximum absolute atomic E-state index is 13.0. The zero-order valence-corrected chi connectivity index (χ0v) is 12.8. The Kier molecular flexibility index (Phi) is 5.89. The highest BCUT2D eigenvalue weighted by molar-refractivity contribution is 5.85. The van der Waals surface area contributed by atoms with Gasteiger partial charge >= 0.3 is 0 Å². The van der Waals surface area contributed by atoms with Gasteiger partial charge in [-0.05, 0) is 37.6 Å². The summed E-state index contributed by atoms with van der Waals surface area (Å²) in [7, 11) is 1.93. The van der Waals surface area contributed by atoms with E-state index in [9.17, 15) is 14.0 Å². The fourth-order valence-electron chi connectivity index (χ4n) is 2.60. The van der Waals surface area contributed by atoms with Crippen molar-refractivity contribution in [1.82, 2.24) is 15.5 Å². The fraction of sp³-hybridized carbons (Fsp3) is 0.500. The average molecular weight is 307 g/mol. The van der Waals surface area contributed by atoms with Crippen LogP contribution in [-0.4, -0.2) is 49.4 Å². The van der Waals surface area contributed by atoms with Gasteiger partial charge in [0.15, 0.2) is 0 Å². The third-order valence-corrected chi connectivity index (χ3v) is 3.95. The summed E-state index contributed by atoms with van der Waals surface area (Å²) in [5.74, 6) is -0.708. The lowest BCUT2D eigenvalue weighted by molar-refractivity contribution is -0.133. The van der Waals surface area contributed by atoms with Gasteiger partial charge in [0.25, 0.3) is 0 Å². The number of hydrogen-bond acceptors (Lipinski definition) is 3. The largest absolute Gasteiger partial charge is 0.347 e. The second-order valence-electron chi connectivity index (χ2n) is 5.53. The van der Waals surface area contributed by atoms with Gasteiger partial charge in [0, 0.05) is 19.1 Å². The first-order valence-corrected chi connectivity index (χ1v) is 7.54. The average Bonchev–Trinajstić information content (AvgIpc) is 2.52. The number of rotatable bonds is 5. The van der Waals surface area contributed by atoms with Gasteiger partial charge in [0.2, 0.25) is 11.8 Å². The van der Waals surface area contributed by atoms with Crippen molar-refractivity contribution in [2.75, 3.05) is 26.7 Å². The molecule has 1 aliphatic heterocycles. The Morgan fingerprint density at radius 1 is 1.32 bits per heavy atom. The van der Waals surface area contributed by atoms with E-state index in [2.05, 4.69) is 10.6 Å². The number of carbonyl (C=O) groups excluding carboxylic acids is 2. The van der Waals surface area contributed by atoms with Crippen molar-refractivity contribution >= 4 is 11.8 Å². The van der Waals surface area contributed by atoms with Crippen LogP contribution in [0.5, 0.6) is 0 Å². The van der Waals surface area contributed by atoms with Gasteiger partial charge in [-0.2, -0.15) is 0 Å². The third-order valence-electron chi connectivity index (χ3n) is 3.95. The number of carbonyl (C=O) groups is 2. The predicted molar refractivity (Wildman–Crippen MR) is 81.8 cm³/mol. The van der Waals surface area contributed by atoms with Crippen LogP contribution in [0.3, 0.4) is 0 Å². The summed E-state index contributed by atoms with van der Waals surface area (Å²) in [6.45, 7) is 1.42. The Balaban J connectivity index is 1.73. The first-order chi connectivity index (χ1) is 10.6. The lowest BCUT2D eigenvalue weighted by Gasteiger charge is -2.31. The molecule has 6 heteroatoms. The van der Waals surface area contributed by atoms with Gasteiger partial charge in [-0.25, -0.2) is 4.39 Å². The van der Waals surface area contributed by atoms with E-state index < -0.39 is 0 Å². The lowest BCUT2D eigenvalue weighted by Crippen LogP contribution is -2.47. The summed E-state index contributed by atoms with van der Waals surface area (Å²) < 4.78 is 13.0. The van der Waals surface area contributed by atoms with Crippen LogP contribution in [0.1, 0.15) is 18.4 Å². The Hall–Kier alpha value is -1.95. The van der Waals surface area contributed by atoms with E-state index in [1.165, 1.54) is 12.1 Å². The van der Waals surface area contributed by atoms with Crippen molar-refractivity contribution in [3.63, 3.8) is 0 Å². The molecule has 0 aliphatic carbocycles. The topological polar surface area (TPSA) is 61.4 Å². The molecular weight excluding hydrogens is 285 g/mol. The highest BCUT2D eigenvalue weighted by atomic mass is 19.1. The minimum Gasteiger partial charge on any atom is -0.347 e. The van der Waals surface area contributed by atoms with Crippen LogP contribution in [0.2, 0.25) is 0 Å². The van der Waals surface area contributed by atoms with Crippen LogP contribution >= 0.6 is 0 Å². The molecule has 1 fully saturated rings. The number of nitrogens with one attached hydrogen (secondary N) is 2. The molecule has 5 nitrogen and oxygen atoms in total. The monoisotopic (exact) mass is 307 g/mol. The predicted octanol–water partition coefficient (Wildman–Crippen LogP) is 0.695. The van der Waals surface area contributed by atoms with Crippen LogP contribution in [0.15, 0.2) is 24.3 Å². The van der Waals surface area contributed by atoms with Gasteiger partial charge in [-0.3, -0.25) is 9.59 Å². The zero-order valence-electron chi connectivity index (χ0n) is 12.8. The van der Waals surface area contributed by atoms with Crippen molar-refractivity contribution in [2.45, 2.75) is 25.3 Å². The highest BCUT2D eigenvalue weighted by Crippen LogP contribution is 2.09. The molecule has 1 saturated heterocycles. The Bertz CT molecular complexity index is 528. The number of nitrogens with zero attached hydrogens (tertiary/aromatic N) is 1. The molecule has 120 valence electrons. The third kappa shape index (κ3) is 4.80. The molecule has 1 aromatic carbocycles. The van der Waals surface area contributed by atoms with Crippen molar-refractivity contribution in [3.05, 3.63) is 35.6 Å². The number of amides is 2. The Labute approximate surface area is 129 Å². The minimum atomic E-state index is -0.367. The number of hydrogen-bond donors (Lipinski definition) is 2. The minimum absolute atomic E-state index is 0.00162. The quantitative estimate of drug-likeness (QED) is 0.841. The summed E-state index contributed by atoms with van der Waals surface area (Å²) in [4.78, 5) is 25.6. The highest BCUT2D eigenvalue weighted by Gasteiger charge is 2.21. The van der Waals surface area contributed by atoms with Crippen LogP contribution in [-0.2, 0) is 16.0 Å². The molecule has 1 aliphatic rings. The molecule has 0 radical (unpaired) electrons. The maximum atomic E-state index is 13.0. The summed E-state index contributed by atoms with van der Waals surface area (Å²) in [6, 6.07) is 6.37. The molecular formula is C16H22FN3O2. The molecule has 2 rings (SSSR count). The number of benzene rings is 1. The van der Waals surface area contributed by atoms with Gasteiger partial charge in [0.05, 0.1) is 13.0 Å². The van der Waals surface area contributed by atoms with Gasteiger partial charge in [0.1, 0.15) is 5.82 Å². The number of piperidine rings is 1. The van der Waals surface area contributed by atoms with Crippen LogP contribution in [0.4, 0.5) is 4.39 Å². The van der Waals surface area contributed by atoms with E-state index in [0.29, 0.717) is 24.7 Å². The summed E-state index contributed by atoms with van der Waals surface area (Å²) in [6.07, 6.45) is 1.94. The van der Waals surface area contributed by atoms with E-state index in [1.807, 2.05) is 7.05 Å². The van der Waals surface area contributed by atoms with E-state index >= 15 is 0 Å². The van der Waals surface area contributed by atoms with Crippen molar-refractivity contribution in [3.8, 4) is 0 Å². The van der Waals surface area contributed by atoms with E-state index in [-0.39, 0.29) is 30.6 Å². The van der Waals surface area contributed by atoms with Crippen molar-refractivity contribution in [1.29, 1.82) is 0 Å². The normalized spacial score (nSPS) is 15.6. The van der Waals surface area contributed by atoms with E-state index in [0.717, 1.165) is 12.8 Å². The van der Waals surface area contributed by atoms with Gasteiger partial charge < -0.3 is 15.5 Å². The molecule has 0 aromatic heterocycles. The summed E-state index contributed by atoms with van der Waals surface area (Å²) in [5.41, 5.74) is 0.597. The van der Waals surface area contributed by atoms with Gasteiger partial charge in [-0.1, -0.05) is 12.1 Å². The molecule has 1 heterocycles. The van der Waals surface area contributed by atoms with Crippen LogP contribution in [0, 0.1) is 5.82 Å². The second kappa shape index (κ2) is 7.89. The molecule has 0 atom stereocenters. The van der Waals surface area contributed by atoms with Gasteiger partial charge in [-0.15, -0.1) is 0 Å². The summed E-state index contributed by atoms with van der Waals surface area (Å²) >= 11 is 0. The van der Waals surface area contributed by atoms with Crippen LogP contribution < -0.4 is 10.6 Å². The standard InChI is InChI=1S/C16H22FN3O2/c1-18-14-5-7-20(8-6-14)16(22)11-19-15(21)10-12-3-2-4-13(17)9-12/h2-4,9,14,18H,5-8,10-11H2,1H3,(H,19,21). The second-order valence-corrected chi connectivity index (χ2v) is 5.53. The van der Waals surface area contributed by atoms with Crippen molar-refractivity contribution in [2.24, 2.45) is 0 Å². The van der Waals surface area contributed by atoms with Crippen molar-refractivity contribution < 1.29 is 14.0 Å².